The molecule has 14 nitrogen and oxygen atoms in total. The number of anilines is 1. The lowest BCUT2D eigenvalue weighted by atomic mass is 9.87. The zero-order valence-corrected chi connectivity index (χ0v) is 19.6. The number of nitrogens with zero attached hydrogens (tertiary/aromatic N) is 5. The topological polar surface area (TPSA) is 194 Å². The molecule has 4 unspecified atom stereocenters. The third-order valence-electron chi connectivity index (χ3n) is 7.66. The number of aliphatic imine (C=N–C) groups is 2. The Bertz CT molecular complexity index is 1230. The molecular weight excluding hydrogens is 468 g/mol. The summed E-state index contributed by atoms with van der Waals surface area (Å²) in [7, 11) is 1.54. The molecule has 0 aliphatic carbocycles. The number of carbonyl (C=O) groups is 3. The molecule has 4 amide bonds. The van der Waals surface area contributed by atoms with E-state index in [9.17, 15) is 19.5 Å². The zero-order valence-electron chi connectivity index (χ0n) is 19.6. The summed E-state index contributed by atoms with van der Waals surface area (Å²) in [5, 5.41) is 20.8. The van der Waals surface area contributed by atoms with Crippen molar-refractivity contribution in [2.75, 3.05) is 38.5 Å². The van der Waals surface area contributed by atoms with Crippen molar-refractivity contribution >= 4 is 35.5 Å². The zero-order chi connectivity index (χ0) is 25.4. The first-order chi connectivity index (χ1) is 17.2. The van der Waals surface area contributed by atoms with Crippen molar-refractivity contribution in [2.45, 2.75) is 36.3 Å². The van der Waals surface area contributed by atoms with Crippen LogP contribution in [0.3, 0.4) is 0 Å². The molecule has 1 aromatic carbocycles. The lowest BCUT2D eigenvalue weighted by Crippen LogP contribution is -2.73. The number of guanidine groups is 2. The maximum Gasteiger partial charge on any atom is 0.327 e. The van der Waals surface area contributed by atoms with Gasteiger partial charge < -0.3 is 42.3 Å². The number of fused-ring (bicyclic) bond motifs is 1. The number of hydrogen-bond acceptors (Lipinski definition) is 11. The Hall–Kier alpha value is -4.07. The largest absolute Gasteiger partial charge is 0.386 e. The highest BCUT2D eigenvalue weighted by atomic mass is 16.3. The van der Waals surface area contributed by atoms with Gasteiger partial charge in [0.25, 0.3) is 5.91 Å². The van der Waals surface area contributed by atoms with Gasteiger partial charge in [0.1, 0.15) is 18.7 Å². The summed E-state index contributed by atoms with van der Waals surface area (Å²) in [5.74, 6) is -0.503. The minimum Gasteiger partial charge on any atom is -0.386 e. The van der Waals surface area contributed by atoms with Crippen LogP contribution in [0, 0.1) is 0 Å². The molecule has 1 aromatic rings. The first-order valence-corrected chi connectivity index (χ1v) is 11.8. The molecule has 5 atom stereocenters. The number of urea groups is 1. The summed E-state index contributed by atoms with van der Waals surface area (Å²) in [6.07, 6.45) is -0.335. The van der Waals surface area contributed by atoms with E-state index in [0.29, 0.717) is 5.56 Å². The van der Waals surface area contributed by atoms with E-state index in [1.165, 1.54) is 4.90 Å². The van der Waals surface area contributed by atoms with Crippen molar-refractivity contribution < 1.29 is 19.5 Å². The number of benzene rings is 1. The van der Waals surface area contributed by atoms with Gasteiger partial charge in [-0.05, 0) is 18.1 Å². The van der Waals surface area contributed by atoms with Crippen LogP contribution in [0.4, 0.5) is 10.5 Å². The van der Waals surface area contributed by atoms with Gasteiger partial charge in [-0.2, -0.15) is 0 Å². The van der Waals surface area contributed by atoms with Gasteiger partial charge in [0.2, 0.25) is 5.91 Å². The fourth-order valence-electron chi connectivity index (χ4n) is 6.00. The van der Waals surface area contributed by atoms with Crippen molar-refractivity contribution in [1.82, 2.24) is 25.3 Å². The van der Waals surface area contributed by atoms with Gasteiger partial charge >= 0.3 is 6.03 Å². The average molecular weight is 497 g/mol. The average Bonchev–Trinajstić information content (AvgIpc) is 3.57. The molecule has 14 heteroatoms. The van der Waals surface area contributed by atoms with Crippen LogP contribution in [-0.2, 0) is 11.2 Å². The summed E-state index contributed by atoms with van der Waals surface area (Å²) < 4.78 is 0. The van der Waals surface area contributed by atoms with Crippen LogP contribution in [0.1, 0.15) is 15.9 Å². The van der Waals surface area contributed by atoms with E-state index in [-0.39, 0.29) is 43.4 Å². The molecular formula is C22H28N10O4. The van der Waals surface area contributed by atoms with E-state index in [2.05, 4.69) is 25.9 Å². The number of aliphatic hydroxyl groups excluding tert-OH is 1. The highest BCUT2D eigenvalue weighted by molar-refractivity contribution is 6.02. The van der Waals surface area contributed by atoms with E-state index in [1.54, 1.807) is 18.0 Å². The summed E-state index contributed by atoms with van der Waals surface area (Å²) >= 11 is 0. The van der Waals surface area contributed by atoms with E-state index in [1.807, 2.05) is 12.1 Å². The number of carbonyl (C=O) groups excluding carboxylic acids is 3. The molecule has 190 valence electrons. The van der Waals surface area contributed by atoms with Crippen molar-refractivity contribution in [2.24, 2.45) is 21.5 Å². The van der Waals surface area contributed by atoms with Crippen LogP contribution < -0.4 is 27.4 Å². The molecule has 0 aromatic heterocycles. The van der Waals surface area contributed by atoms with Gasteiger partial charge in [0.15, 0.2) is 17.6 Å². The number of imide groups is 1. The third kappa shape index (κ3) is 3.03. The van der Waals surface area contributed by atoms with Crippen molar-refractivity contribution in [1.29, 1.82) is 0 Å². The Labute approximate surface area is 206 Å². The first kappa shape index (κ1) is 22.4. The Balaban J connectivity index is 1.28. The van der Waals surface area contributed by atoms with Crippen LogP contribution >= 0.6 is 0 Å². The predicted octanol–water partition coefficient (Wildman–Crippen LogP) is -3.00. The lowest BCUT2D eigenvalue weighted by molar-refractivity contribution is -0.125. The van der Waals surface area contributed by atoms with Gasteiger partial charge in [0, 0.05) is 20.1 Å². The van der Waals surface area contributed by atoms with Gasteiger partial charge in [-0.25, -0.2) is 14.8 Å². The number of rotatable bonds is 4. The van der Waals surface area contributed by atoms with E-state index < -0.39 is 35.9 Å². The summed E-state index contributed by atoms with van der Waals surface area (Å²) in [5.41, 5.74) is 13.5. The molecule has 1 spiro atoms. The molecule has 2 fully saturated rings. The molecule has 6 rings (SSSR count). The van der Waals surface area contributed by atoms with E-state index >= 15 is 0 Å². The molecule has 0 bridgehead atoms. The molecule has 36 heavy (non-hydrogen) atoms. The number of amides is 4. The minimum atomic E-state index is -1.28. The maximum atomic E-state index is 13.2. The third-order valence-corrected chi connectivity index (χ3v) is 7.66. The molecule has 0 saturated carbocycles. The van der Waals surface area contributed by atoms with Crippen LogP contribution in [0.5, 0.6) is 0 Å². The number of nitrogens with one attached hydrogen (secondary N) is 3. The number of likely N-dealkylation sites (N-methyl/N-ethyl adjacent to an activating group) is 1. The second-order valence-corrected chi connectivity index (χ2v) is 9.76. The predicted molar refractivity (Wildman–Crippen MR) is 129 cm³/mol. The van der Waals surface area contributed by atoms with Gasteiger partial charge in [-0.3, -0.25) is 14.5 Å². The Kier molecular flexibility index (Phi) is 4.80. The second kappa shape index (κ2) is 7.71. The van der Waals surface area contributed by atoms with Crippen molar-refractivity contribution in [3.63, 3.8) is 0 Å². The lowest BCUT2D eigenvalue weighted by Gasteiger charge is -2.46. The van der Waals surface area contributed by atoms with Crippen LogP contribution in [0.15, 0.2) is 28.2 Å². The van der Waals surface area contributed by atoms with Crippen LogP contribution in [-0.4, -0.2) is 113 Å². The highest BCUT2D eigenvalue weighted by Crippen LogP contribution is 2.40. The maximum absolute atomic E-state index is 13.2. The highest BCUT2D eigenvalue weighted by Gasteiger charge is 2.66. The number of para-hydroxylation sites is 1. The SMILES string of the molecule is CN1CC(=O)N(C[C@@H]2N=C(N)N3CC(NC(=O)c4cccc5c4NCC5)C(O)C34NC(N)=NC24)C1=O. The van der Waals surface area contributed by atoms with E-state index in [0.717, 1.165) is 29.1 Å². The standard InChI is InChI=1S/C22H28N10O4/c1-30-9-14(33)31(21(30)36)7-12-16-22(29-19(23)28-16)17(34)13(8-32(22)20(24)27-12)26-18(35)11-4-2-3-10-5-6-25-15(10)11/h2-4,12-13,16-17,25,34H,5-9H2,1H3,(H2,24,27)(H,26,35)(H3,23,28,29)/t12-,13?,16?,17?,22?/m0/s1. The van der Waals surface area contributed by atoms with Crippen molar-refractivity contribution in [3.05, 3.63) is 29.3 Å². The minimum absolute atomic E-state index is 0.0227. The summed E-state index contributed by atoms with van der Waals surface area (Å²) in [6.45, 7) is 0.836. The Morgan fingerprint density at radius 1 is 1.31 bits per heavy atom. The first-order valence-electron chi connectivity index (χ1n) is 11.8. The van der Waals surface area contributed by atoms with Gasteiger partial charge in [0.05, 0.1) is 29.9 Å². The summed E-state index contributed by atoms with van der Waals surface area (Å²) in [6, 6.07) is 2.91. The molecule has 0 radical (unpaired) electrons. The number of hydrogen-bond donors (Lipinski definition) is 6. The summed E-state index contributed by atoms with van der Waals surface area (Å²) in [4.78, 5) is 51.2. The van der Waals surface area contributed by atoms with E-state index in [4.69, 9.17) is 11.5 Å². The van der Waals surface area contributed by atoms with Crippen LogP contribution in [0.25, 0.3) is 0 Å². The van der Waals surface area contributed by atoms with Crippen LogP contribution in [0.2, 0.25) is 0 Å². The molecule has 5 aliphatic rings. The molecule has 8 N–H and O–H groups in total. The monoisotopic (exact) mass is 496 g/mol. The Morgan fingerprint density at radius 3 is 2.86 bits per heavy atom. The van der Waals surface area contributed by atoms with Gasteiger partial charge in [-0.1, -0.05) is 12.1 Å². The quantitative estimate of drug-likeness (QED) is 0.236. The number of nitrogens with two attached hydrogens (primary N) is 2. The molecule has 2 saturated heterocycles. The fourth-order valence-corrected chi connectivity index (χ4v) is 6.00. The molecule has 5 heterocycles. The fraction of sp³-hybridized carbons (Fsp3) is 0.500. The Morgan fingerprint density at radius 2 is 2.11 bits per heavy atom. The van der Waals surface area contributed by atoms with Crippen molar-refractivity contribution in [3.8, 4) is 0 Å². The normalized spacial score (nSPS) is 32.4. The number of aliphatic hydroxyl groups is 1. The van der Waals surface area contributed by atoms with Gasteiger partial charge in [-0.15, -0.1) is 0 Å². The molecule has 5 aliphatic heterocycles. The smallest absolute Gasteiger partial charge is 0.327 e. The second-order valence-electron chi connectivity index (χ2n) is 9.76.